The maximum atomic E-state index is 12.8. The second-order valence-corrected chi connectivity index (χ2v) is 5.21. The van der Waals surface area contributed by atoms with Gasteiger partial charge in [-0.1, -0.05) is 29.8 Å². The molecule has 5 heteroatoms. The molecule has 1 amide bonds. The molecule has 3 nitrogen and oxygen atoms in total. The molecule has 0 fully saturated rings. The lowest BCUT2D eigenvalue weighted by Gasteiger charge is -2.12. The number of rotatable bonds is 5. The number of carbonyl (C=O) groups excluding carboxylic acids is 1. The largest absolute Gasteiger partial charge is 0.332 e. The Morgan fingerprint density at radius 2 is 1.90 bits per heavy atom. The third-order valence-corrected chi connectivity index (χ3v) is 3.52. The van der Waals surface area contributed by atoms with E-state index in [9.17, 15) is 9.18 Å². The highest BCUT2D eigenvalue weighted by molar-refractivity contribution is 6.31. The molecule has 3 N–H and O–H groups in total. The first-order valence-corrected chi connectivity index (χ1v) is 7.07. The Labute approximate surface area is 128 Å². The molecular weight excluding hydrogens is 291 g/mol. The number of carbonyl (C=O) groups is 1. The van der Waals surface area contributed by atoms with E-state index in [0.29, 0.717) is 10.7 Å². The second-order valence-electron chi connectivity index (χ2n) is 4.81. The van der Waals surface area contributed by atoms with Crippen molar-refractivity contribution in [2.24, 2.45) is 0 Å². The fraction of sp³-hybridized carbons (Fsp3) is 0.188. The van der Waals surface area contributed by atoms with Crippen LogP contribution < -0.4 is 10.6 Å². The first kappa shape index (κ1) is 15.5. The highest BCUT2D eigenvalue weighted by Crippen LogP contribution is 2.19. The molecule has 0 saturated carbocycles. The van der Waals surface area contributed by atoms with Crippen molar-refractivity contribution in [1.82, 2.24) is 0 Å². The van der Waals surface area contributed by atoms with Crippen LogP contribution in [0.2, 0.25) is 5.02 Å². The Morgan fingerprint density at radius 1 is 1.24 bits per heavy atom. The van der Waals surface area contributed by atoms with Gasteiger partial charge in [-0.05, 0) is 37.3 Å². The van der Waals surface area contributed by atoms with Crippen LogP contribution in [0, 0.1) is 5.82 Å². The van der Waals surface area contributed by atoms with Crippen LogP contribution in [0.4, 0.5) is 10.1 Å². The summed E-state index contributed by atoms with van der Waals surface area (Å²) in [7, 11) is 0. The molecule has 1 atom stereocenters. The molecule has 0 aromatic heterocycles. The van der Waals surface area contributed by atoms with E-state index in [4.69, 9.17) is 11.6 Å². The van der Waals surface area contributed by atoms with Gasteiger partial charge in [-0.2, -0.15) is 0 Å². The van der Waals surface area contributed by atoms with E-state index in [-0.39, 0.29) is 24.3 Å². The zero-order valence-corrected chi connectivity index (χ0v) is 12.4. The van der Waals surface area contributed by atoms with Gasteiger partial charge < -0.3 is 10.6 Å². The molecule has 0 radical (unpaired) electrons. The van der Waals surface area contributed by atoms with Crippen LogP contribution in [-0.4, -0.2) is 12.5 Å². The smallest absolute Gasteiger partial charge is 0.279 e. The van der Waals surface area contributed by atoms with E-state index in [1.165, 1.54) is 24.3 Å². The fourth-order valence-electron chi connectivity index (χ4n) is 2.00. The maximum absolute atomic E-state index is 12.8. The normalized spacial score (nSPS) is 12.0. The number of halogens is 2. The molecule has 0 bridgehead atoms. The van der Waals surface area contributed by atoms with Gasteiger partial charge in [0.1, 0.15) is 11.9 Å². The average molecular weight is 308 g/mol. The molecule has 2 aromatic rings. The van der Waals surface area contributed by atoms with E-state index in [1.807, 2.05) is 36.5 Å². The van der Waals surface area contributed by atoms with Gasteiger partial charge in [0.2, 0.25) is 0 Å². The number of hydrogen-bond acceptors (Lipinski definition) is 1. The Hall–Kier alpha value is -1.91. The van der Waals surface area contributed by atoms with Crippen molar-refractivity contribution in [3.8, 4) is 0 Å². The van der Waals surface area contributed by atoms with E-state index < -0.39 is 0 Å². The molecule has 2 aromatic carbocycles. The molecule has 0 unspecified atom stereocenters. The minimum atomic E-state index is -0.327. The summed E-state index contributed by atoms with van der Waals surface area (Å²) in [6, 6.07) is 13.3. The third kappa shape index (κ3) is 4.55. The molecule has 2 rings (SSSR count). The van der Waals surface area contributed by atoms with Crippen molar-refractivity contribution in [2.75, 3.05) is 11.9 Å². The summed E-state index contributed by atoms with van der Waals surface area (Å²) in [6.45, 7) is 2.26. The monoisotopic (exact) mass is 307 g/mol. The quantitative estimate of drug-likeness (QED) is 0.876. The molecule has 0 aliphatic carbocycles. The Balaban J connectivity index is 1.86. The number of hydrogen-bond donors (Lipinski definition) is 2. The maximum Gasteiger partial charge on any atom is 0.279 e. The van der Waals surface area contributed by atoms with Crippen LogP contribution in [0.25, 0.3) is 0 Å². The Bertz CT molecular complexity index is 616. The third-order valence-electron chi connectivity index (χ3n) is 3.18. The van der Waals surface area contributed by atoms with Gasteiger partial charge in [-0.25, -0.2) is 4.39 Å². The number of nitrogens with two attached hydrogens (primary N) is 1. The molecule has 0 aliphatic heterocycles. The van der Waals surface area contributed by atoms with Gasteiger partial charge in [-0.3, -0.25) is 4.79 Å². The lowest BCUT2D eigenvalue weighted by Crippen LogP contribution is -2.86. The lowest BCUT2D eigenvalue weighted by molar-refractivity contribution is -0.682. The van der Waals surface area contributed by atoms with Gasteiger partial charge in [-0.15, -0.1) is 0 Å². The standard InChI is InChI=1S/C16H16ClFN2O/c1-11(14-4-2-3-5-15(14)17)19-10-16(21)20-13-8-6-12(18)7-9-13/h2-9,11,19H,10H2,1H3,(H,20,21)/p+1/t11-/m0/s1. The van der Waals surface area contributed by atoms with E-state index >= 15 is 0 Å². The second kappa shape index (κ2) is 7.20. The molecule has 0 aliphatic rings. The summed E-state index contributed by atoms with van der Waals surface area (Å²) in [5, 5.41) is 5.32. The van der Waals surface area contributed by atoms with Gasteiger partial charge in [0.25, 0.3) is 5.91 Å². The van der Waals surface area contributed by atoms with E-state index in [0.717, 1.165) is 5.56 Å². The molecule has 0 spiro atoms. The van der Waals surface area contributed by atoms with E-state index in [2.05, 4.69) is 5.32 Å². The summed E-state index contributed by atoms with van der Waals surface area (Å²) >= 11 is 6.12. The van der Waals surface area contributed by atoms with E-state index in [1.54, 1.807) is 0 Å². The highest BCUT2D eigenvalue weighted by Gasteiger charge is 2.14. The Kier molecular flexibility index (Phi) is 5.31. The average Bonchev–Trinajstić information content (AvgIpc) is 2.48. The zero-order chi connectivity index (χ0) is 15.2. The minimum Gasteiger partial charge on any atom is -0.332 e. The number of amides is 1. The molecular formula is C16H17ClFN2O+. The van der Waals surface area contributed by atoms with Crippen LogP contribution in [0.1, 0.15) is 18.5 Å². The summed E-state index contributed by atoms with van der Waals surface area (Å²) < 4.78 is 12.8. The SMILES string of the molecule is C[C@H]([NH2+]CC(=O)Nc1ccc(F)cc1)c1ccccc1Cl. The predicted molar refractivity (Wildman–Crippen MR) is 81.7 cm³/mol. The molecule has 0 saturated heterocycles. The van der Waals surface area contributed by atoms with Crippen molar-refractivity contribution in [2.45, 2.75) is 13.0 Å². The van der Waals surface area contributed by atoms with Gasteiger partial charge >= 0.3 is 0 Å². The van der Waals surface area contributed by atoms with Gasteiger partial charge in [0.15, 0.2) is 6.54 Å². The molecule has 0 heterocycles. The highest BCUT2D eigenvalue weighted by atomic mass is 35.5. The summed E-state index contributed by atoms with van der Waals surface area (Å²) in [5.41, 5.74) is 1.58. The van der Waals surface area contributed by atoms with Crippen LogP contribution in [-0.2, 0) is 4.79 Å². The summed E-state index contributed by atoms with van der Waals surface area (Å²) in [6.07, 6.45) is 0. The fourth-order valence-corrected chi connectivity index (χ4v) is 2.31. The van der Waals surface area contributed by atoms with Crippen molar-refractivity contribution in [3.05, 3.63) is 64.9 Å². The summed E-state index contributed by atoms with van der Waals surface area (Å²) in [5.74, 6) is -0.465. The first-order chi connectivity index (χ1) is 10.1. The van der Waals surface area contributed by atoms with Gasteiger partial charge in [0, 0.05) is 16.3 Å². The number of benzene rings is 2. The predicted octanol–water partition coefficient (Wildman–Crippen LogP) is 2.74. The Morgan fingerprint density at radius 3 is 2.57 bits per heavy atom. The number of anilines is 1. The lowest BCUT2D eigenvalue weighted by atomic mass is 10.1. The van der Waals surface area contributed by atoms with Crippen molar-refractivity contribution < 1.29 is 14.5 Å². The van der Waals surface area contributed by atoms with Crippen LogP contribution in [0.3, 0.4) is 0 Å². The van der Waals surface area contributed by atoms with Crippen LogP contribution >= 0.6 is 11.6 Å². The van der Waals surface area contributed by atoms with Crippen molar-refractivity contribution >= 4 is 23.2 Å². The number of quaternary nitrogens is 1. The topological polar surface area (TPSA) is 45.7 Å². The molecule has 110 valence electrons. The van der Waals surface area contributed by atoms with Crippen LogP contribution in [0.15, 0.2) is 48.5 Å². The van der Waals surface area contributed by atoms with Crippen molar-refractivity contribution in [3.63, 3.8) is 0 Å². The first-order valence-electron chi connectivity index (χ1n) is 6.69. The van der Waals surface area contributed by atoms with Crippen LogP contribution in [0.5, 0.6) is 0 Å². The summed E-state index contributed by atoms with van der Waals surface area (Å²) in [4.78, 5) is 11.8. The van der Waals surface area contributed by atoms with Crippen molar-refractivity contribution in [1.29, 1.82) is 0 Å². The zero-order valence-electron chi connectivity index (χ0n) is 11.6. The molecule has 21 heavy (non-hydrogen) atoms. The number of nitrogens with one attached hydrogen (secondary N) is 1. The minimum absolute atomic E-state index is 0.0812. The van der Waals surface area contributed by atoms with Gasteiger partial charge in [0.05, 0.1) is 0 Å².